The largest absolute Gasteiger partial charge is 0.311 e. The molecule has 4 aliphatic rings. The number of benzene rings is 12. The Balaban J connectivity index is 1.04. The molecule has 2 aliphatic heterocycles. The van der Waals surface area contributed by atoms with Crippen LogP contribution in [-0.2, 0) is 5.41 Å². The van der Waals surface area contributed by atoms with E-state index in [1.807, 2.05) is 0 Å². The second kappa shape index (κ2) is 15.5. The van der Waals surface area contributed by atoms with Crippen molar-refractivity contribution in [2.45, 2.75) is 5.41 Å². The van der Waals surface area contributed by atoms with Gasteiger partial charge in [-0.05, 0) is 140 Å². The van der Waals surface area contributed by atoms with Crippen LogP contribution in [0.15, 0.2) is 273 Å². The standard InChI is InChI=1S/C73H45BN4/c1-5-23-46(24-6-1)75(47-25-7-2-8-26-47)50-41-67-70-68(42-50)78-65-40-22-17-35-55(65)69-71-57(54-34-16-21-39-64(54)77(71)49-29-11-4-12-30-49)44-63(72(69)78)74(70)62-43-56-53-33-15-20-38-60(53)73(61(56)45-66(62)76(67)48-27-9-3-10-28-48)58-36-18-13-31-51(58)52-32-14-19-37-59(52)73/h1-45H. The van der Waals surface area contributed by atoms with E-state index >= 15 is 0 Å². The second-order valence-electron chi connectivity index (χ2n) is 21.5. The molecule has 0 bridgehead atoms. The summed E-state index contributed by atoms with van der Waals surface area (Å²) in [5, 5.41) is 5.02. The Labute approximate surface area is 451 Å². The Morgan fingerprint density at radius 3 is 1.45 bits per heavy atom. The van der Waals surface area contributed by atoms with Crippen molar-refractivity contribution in [1.82, 2.24) is 9.13 Å². The molecular formula is C73H45BN4. The van der Waals surface area contributed by atoms with Crippen molar-refractivity contribution in [2.24, 2.45) is 0 Å². The number of hydrogen-bond acceptors (Lipinski definition) is 2. The quantitative estimate of drug-likeness (QED) is 0.160. The molecule has 18 rings (SSSR count). The molecule has 0 fully saturated rings. The number of hydrogen-bond donors (Lipinski definition) is 0. The van der Waals surface area contributed by atoms with Crippen LogP contribution in [0.2, 0.25) is 0 Å². The van der Waals surface area contributed by atoms with Crippen LogP contribution in [0.1, 0.15) is 22.3 Å². The zero-order valence-corrected chi connectivity index (χ0v) is 42.3. The lowest BCUT2D eigenvalue weighted by Gasteiger charge is -2.42. The number of nitrogens with zero attached hydrogens (tertiary/aromatic N) is 4. The highest BCUT2D eigenvalue weighted by molar-refractivity contribution is 7.00. The maximum atomic E-state index is 2.64. The Morgan fingerprint density at radius 2 is 0.821 bits per heavy atom. The van der Waals surface area contributed by atoms with Gasteiger partial charge in [-0.15, -0.1) is 0 Å². The molecule has 0 saturated heterocycles. The van der Waals surface area contributed by atoms with Crippen molar-refractivity contribution in [3.8, 4) is 33.6 Å². The van der Waals surface area contributed by atoms with E-state index in [2.05, 4.69) is 292 Å². The number of fused-ring (bicyclic) bond motifs is 21. The van der Waals surface area contributed by atoms with E-state index in [1.54, 1.807) is 0 Å². The predicted octanol–water partition coefficient (Wildman–Crippen LogP) is 16.3. The summed E-state index contributed by atoms with van der Waals surface area (Å²) in [6, 6.07) is 103. The van der Waals surface area contributed by atoms with E-state index in [0.717, 1.165) is 28.4 Å². The van der Waals surface area contributed by atoms with Crippen LogP contribution >= 0.6 is 0 Å². The van der Waals surface area contributed by atoms with Crippen molar-refractivity contribution in [3.63, 3.8) is 0 Å². The maximum Gasteiger partial charge on any atom is 0.252 e. The lowest BCUT2D eigenvalue weighted by molar-refractivity contribution is 0.794. The van der Waals surface area contributed by atoms with Crippen LogP contribution in [0, 0.1) is 0 Å². The molecule has 360 valence electrons. The minimum atomic E-state index is -0.522. The highest BCUT2D eigenvalue weighted by Crippen LogP contribution is 2.63. The highest BCUT2D eigenvalue weighted by atomic mass is 15.2. The zero-order valence-electron chi connectivity index (χ0n) is 42.3. The van der Waals surface area contributed by atoms with Crippen LogP contribution in [0.4, 0.5) is 34.1 Å². The van der Waals surface area contributed by atoms with Gasteiger partial charge in [0.15, 0.2) is 0 Å². The van der Waals surface area contributed by atoms with E-state index in [4.69, 9.17) is 0 Å². The van der Waals surface area contributed by atoms with Crippen molar-refractivity contribution < 1.29 is 0 Å². The van der Waals surface area contributed by atoms with Crippen LogP contribution < -0.4 is 26.2 Å². The summed E-state index contributed by atoms with van der Waals surface area (Å²) in [4.78, 5) is 5.06. The number of para-hydroxylation sites is 6. The maximum absolute atomic E-state index is 2.64. The lowest BCUT2D eigenvalue weighted by Crippen LogP contribution is -2.60. The van der Waals surface area contributed by atoms with E-state index < -0.39 is 5.41 Å². The molecule has 0 atom stereocenters. The van der Waals surface area contributed by atoms with Gasteiger partial charge < -0.3 is 18.9 Å². The minimum absolute atomic E-state index is 0.138. The topological polar surface area (TPSA) is 16.3 Å². The first-order chi connectivity index (χ1) is 38.8. The number of aromatic nitrogens is 2. The van der Waals surface area contributed by atoms with Gasteiger partial charge in [-0.3, -0.25) is 0 Å². The molecule has 14 aromatic rings. The van der Waals surface area contributed by atoms with Crippen LogP contribution in [-0.4, -0.2) is 15.8 Å². The van der Waals surface area contributed by atoms with Crippen LogP contribution in [0.3, 0.4) is 0 Å². The Morgan fingerprint density at radius 1 is 0.321 bits per heavy atom. The fraction of sp³-hybridized carbons (Fsp3) is 0.0137. The fourth-order valence-corrected chi connectivity index (χ4v) is 15.0. The molecule has 0 unspecified atom stereocenters. The molecule has 5 heteroatoms. The first kappa shape index (κ1) is 42.2. The normalized spacial score (nSPS) is 13.7. The summed E-state index contributed by atoms with van der Waals surface area (Å²) in [6.45, 7) is -0.138. The van der Waals surface area contributed by atoms with Gasteiger partial charge in [-0.1, -0.05) is 194 Å². The second-order valence-corrected chi connectivity index (χ2v) is 21.5. The highest BCUT2D eigenvalue weighted by Gasteiger charge is 2.53. The molecule has 4 nitrogen and oxygen atoms in total. The van der Waals surface area contributed by atoms with Gasteiger partial charge in [0.2, 0.25) is 0 Å². The molecular weight excluding hydrogens is 944 g/mol. The third-order valence-corrected chi connectivity index (χ3v) is 17.8. The van der Waals surface area contributed by atoms with Gasteiger partial charge in [0.05, 0.1) is 33.2 Å². The molecule has 0 amide bonds. The molecule has 2 aromatic heterocycles. The molecule has 78 heavy (non-hydrogen) atoms. The van der Waals surface area contributed by atoms with Gasteiger partial charge in [-0.25, -0.2) is 0 Å². The van der Waals surface area contributed by atoms with E-state index in [1.165, 1.54) is 122 Å². The molecule has 0 saturated carbocycles. The molecule has 4 heterocycles. The molecule has 1 spiro atoms. The van der Waals surface area contributed by atoms with Gasteiger partial charge in [0.1, 0.15) is 0 Å². The predicted molar refractivity (Wildman–Crippen MR) is 325 cm³/mol. The van der Waals surface area contributed by atoms with Crippen LogP contribution in [0.25, 0.3) is 77.2 Å². The van der Waals surface area contributed by atoms with Crippen molar-refractivity contribution in [2.75, 3.05) is 9.80 Å². The third kappa shape index (κ3) is 5.30. The Bertz CT molecular complexity index is 4780. The summed E-state index contributed by atoms with van der Waals surface area (Å²) in [6.07, 6.45) is 0. The first-order valence-electron chi connectivity index (χ1n) is 27.2. The first-order valence-corrected chi connectivity index (χ1v) is 27.2. The summed E-state index contributed by atoms with van der Waals surface area (Å²) in [5.74, 6) is 0. The van der Waals surface area contributed by atoms with Gasteiger partial charge in [0, 0.05) is 61.4 Å². The fourth-order valence-electron chi connectivity index (χ4n) is 15.0. The Hall–Kier alpha value is -10.1. The molecule has 12 aromatic carbocycles. The SMILES string of the molecule is c1ccc(N(c2ccccc2)c2cc3c4c(c2)-n2c5ccccc5c5c2c(cc2c6ccccc6n(-c6ccccc6)c25)B4c2cc4c(cc2N3c2ccccc2)C2(c3ccccc3-c3ccccc32)c2ccccc2-4)cc1. The molecule has 2 aliphatic carbocycles. The number of anilines is 6. The van der Waals surface area contributed by atoms with Crippen LogP contribution in [0.5, 0.6) is 0 Å². The summed E-state index contributed by atoms with van der Waals surface area (Å²) in [7, 11) is 0. The lowest BCUT2D eigenvalue weighted by atomic mass is 9.33. The average Bonchev–Trinajstić information content (AvgIpc) is 4.05. The van der Waals surface area contributed by atoms with Crippen molar-refractivity contribution in [1.29, 1.82) is 0 Å². The average molecular weight is 989 g/mol. The van der Waals surface area contributed by atoms with E-state index in [-0.39, 0.29) is 6.71 Å². The molecule has 0 N–H and O–H groups in total. The third-order valence-electron chi connectivity index (χ3n) is 17.8. The monoisotopic (exact) mass is 988 g/mol. The zero-order chi connectivity index (χ0) is 50.8. The summed E-state index contributed by atoms with van der Waals surface area (Å²) < 4.78 is 5.16. The van der Waals surface area contributed by atoms with Gasteiger partial charge in [-0.2, -0.15) is 0 Å². The summed E-state index contributed by atoms with van der Waals surface area (Å²) in [5.41, 5.74) is 27.9. The minimum Gasteiger partial charge on any atom is -0.311 e. The Kier molecular flexibility index (Phi) is 8.38. The van der Waals surface area contributed by atoms with E-state index in [9.17, 15) is 0 Å². The van der Waals surface area contributed by atoms with Crippen molar-refractivity contribution in [3.05, 3.63) is 295 Å². The number of rotatable bonds is 5. The van der Waals surface area contributed by atoms with E-state index in [0.29, 0.717) is 0 Å². The smallest absolute Gasteiger partial charge is 0.252 e. The van der Waals surface area contributed by atoms with Gasteiger partial charge >= 0.3 is 0 Å². The van der Waals surface area contributed by atoms with Crippen molar-refractivity contribution >= 4 is 101 Å². The molecule has 0 radical (unpaired) electrons. The van der Waals surface area contributed by atoms with Gasteiger partial charge in [0.25, 0.3) is 6.71 Å². The summed E-state index contributed by atoms with van der Waals surface area (Å²) >= 11 is 0.